The average Bonchev–Trinajstić information content (AvgIpc) is 2.64. The highest BCUT2D eigenvalue weighted by atomic mass is 16.3. The third-order valence-corrected chi connectivity index (χ3v) is 1.96. The molecule has 0 spiro atoms. The summed E-state index contributed by atoms with van der Waals surface area (Å²) < 4.78 is 1.56. The Morgan fingerprint density at radius 1 is 1.50 bits per heavy atom. The first-order valence-electron chi connectivity index (χ1n) is 4.62. The number of carbonyl (C=O) groups is 1. The molecule has 0 unspecified atom stereocenters. The van der Waals surface area contributed by atoms with E-state index in [0.717, 1.165) is 0 Å². The normalized spacial score (nSPS) is 10.1. The predicted molar refractivity (Wildman–Crippen MR) is 57.1 cm³/mol. The van der Waals surface area contributed by atoms with Crippen molar-refractivity contribution in [3.8, 4) is 5.75 Å². The Bertz CT molecular complexity index is 521. The van der Waals surface area contributed by atoms with Gasteiger partial charge in [0.1, 0.15) is 5.75 Å². The van der Waals surface area contributed by atoms with Gasteiger partial charge in [-0.2, -0.15) is 5.10 Å². The number of nitrogens with one attached hydrogen (secondary N) is 1. The highest BCUT2D eigenvalue weighted by Crippen LogP contribution is 2.14. The van der Waals surface area contributed by atoms with Gasteiger partial charge in [-0.05, 0) is 12.1 Å². The van der Waals surface area contributed by atoms with Crippen LogP contribution in [-0.4, -0.2) is 25.8 Å². The van der Waals surface area contributed by atoms with E-state index >= 15 is 0 Å². The largest absolute Gasteiger partial charge is 0.505 e. The fourth-order valence-corrected chi connectivity index (χ4v) is 1.23. The Morgan fingerprint density at radius 2 is 2.31 bits per heavy atom. The standard InChI is InChI=1S/C10H10N4O2/c1-14-6-4-8(13-14)12-10(16)9-7(15)3-2-5-11-9/h2-6,15H,1H3,(H,12,13,16). The van der Waals surface area contributed by atoms with Gasteiger partial charge in [0.25, 0.3) is 5.91 Å². The molecule has 0 bridgehead atoms. The van der Waals surface area contributed by atoms with E-state index in [1.165, 1.54) is 12.3 Å². The Kier molecular flexibility index (Phi) is 2.55. The number of hydrogen-bond acceptors (Lipinski definition) is 4. The summed E-state index contributed by atoms with van der Waals surface area (Å²) in [6.07, 6.45) is 3.14. The van der Waals surface area contributed by atoms with Crippen LogP contribution in [0.1, 0.15) is 10.5 Å². The van der Waals surface area contributed by atoms with Gasteiger partial charge in [-0.1, -0.05) is 0 Å². The van der Waals surface area contributed by atoms with Crippen LogP contribution in [0.2, 0.25) is 0 Å². The van der Waals surface area contributed by atoms with Gasteiger partial charge in [0, 0.05) is 25.5 Å². The summed E-state index contributed by atoms with van der Waals surface area (Å²) in [7, 11) is 1.74. The topological polar surface area (TPSA) is 80.0 Å². The zero-order valence-electron chi connectivity index (χ0n) is 8.58. The minimum atomic E-state index is -0.489. The second kappa shape index (κ2) is 4.01. The Balaban J connectivity index is 2.18. The zero-order valence-corrected chi connectivity index (χ0v) is 8.58. The van der Waals surface area contributed by atoms with E-state index in [0.29, 0.717) is 5.82 Å². The number of hydrogen-bond donors (Lipinski definition) is 2. The quantitative estimate of drug-likeness (QED) is 0.780. The van der Waals surface area contributed by atoms with Crippen LogP contribution in [0.5, 0.6) is 5.75 Å². The van der Waals surface area contributed by atoms with Crippen LogP contribution in [0.3, 0.4) is 0 Å². The van der Waals surface area contributed by atoms with Gasteiger partial charge in [-0.3, -0.25) is 9.48 Å². The van der Waals surface area contributed by atoms with Gasteiger partial charge >= 0.3 is 0 Å². The number of aromatic hydroxyl groups is 1. The van der Waals surface area contributed by atoms with Crippen molar-refractivity contribution >= 4 is 11.7 Å². The molecule has 0 aliphatic heterocycles. The summed E-state index contributed by atoms with van der Waals surface area (Å²) in [4.78, 5) is 15.4. The molecule has 0 fully saturated rings. The van der Waals surface area contributed by atoms with Crippen LogP contribution >= 0.6 is 0 Å². The highest BCUT2D eigenvalue weighted by molar-refractivity contribution is 6.04. The lowest BCUT2D eigenvalue weighted by Gasteiger charge is -2.02. The Labute approximate surface area is 91.6 Å². The van der Waals surface area contributed by atoms with Crippen LogP contribution in [0, 0.1) is 0 Å². The number of carbonyl (C=O) groups excluding carboxylic acids is 1. The zero-order chi connectivity index (χ0) is 11.5. The summed E-state index contributed by atoms with van der Waals surface area (Å²) in [6, 6.07) is 4.60. The first kappa shape index (κ1) is 10.2. The fourth-order valence-electron chi connectivity index (χ4n) is 1.23. The maximum absolute atomic E-state index is 11.7. The van der Waals surface area contributed by atoms with E-state index in [1.54, 1.807) is 30.1 Å². The predicted octanol–water partition coefficient (Wildman–Crippen LogP) is 0.773. The molecule has 2 aromatic heterocycles. The first-order valence-corrected chi connectivity index (χ1v) is 4.62. The third-order valence-electron chi connectivity index (χ3n) is 1.96. The summed E-state index contributed by atoms with van der Waals surface area (Å²) in [5.41, 5.74) is -0.0202. The average molecular weight is 218 g/mol. The number of rotatable bonds is 2. The monoisotopic (exact) mass is 218 g/mol. The van der Waals surface area contributed by atoms with E-state index in [-0.39, 0.29) is 11.4 Å². The molecule has 0 saturated carbocycles. The lowest BCUT2D eigenvalue weighted by Crippen LogP contribution is -2.14. The molecule has 0 atom stereocenters. The molecule has 2 aromatic rings. The van der Waals surface area contributed by atoms with Crippen LogP contribution < -0.4 is 5.32 Å². The second-order valence-corrected chi connectivity index (χ2v) is 3.20. The minimum absolute atomic E-state index is 0.0202. The van der Waals surface area contributed by atoms with E-state index < -0.39 is 5.91 Å². The number of aryl methyl sites for hydroxylation is 1. The second-order valence-electron chi connectivity index (χ2n) is 3.20. The Morgan fingerprint density at radius 3 is 2.94 bits per heavy atom. The van der Waals surface area contributed by atoms with Crippen LogP contribution in [0.15, 0.2) is 30.6 Å². The summed E-state index contributed by atoms with van der Waals surface area (Å²) >= 11 is 0. The summed E-state index contributed by atoms with van der Waals surface area (Å²) in [5, 5.41) is 15.9. The van der Waals surface area contributed by atoms with Gasteiger partial charge < -0.3 is 10.4 Å². The molecule has 0 saturated heterocycles. The molecule has 1 amide bonds. The number of aromatic nitrogens is 3. The number of amides is 1. The van der Waals surface area contributed by atoms with Crippen molar-refractivity contribution in [2.75, 3.05) is 5.32 Å². The number of nitrogens with zero attached hydrogens (tertiary/aromatic N) is 3. The molecule has 0 aliphatic carbocycles. The van der Waals surface area contributed by atoms with E-state index in [9.17, 15) is 9.90 Å². The lowest BCUT2D eigenvalue weighted by molar-refractivity contribution is 0.101. The maximum atomic E-state index is 11.7. The van der Waals surface area contributed by atoms with Gasteiger partial charge in [0.05, 0.1) is 0 Å². The smallest absolute Gasteiger partial charge is 0.279 e. The van der Waals surface area contributed by atoms with Crippen molar-refractivity contribution in [2.24, 2.45) is 7.05 Å². The molecule has 0 aromatic carbocycles. The van der Waals surface area contributed by atoms with Gasteiger partial charge in [0.2, 0.25) is 0 Å². The van der Waals surface area contributed by atoms with Crippen molar-refractivity contribution < 1.29 is 9.90 Å². The number of pyridine rings is 1. The molecule has 2 N–H and O–H groups in total. The van der Waals surface area contributed by atoms with Crippen molar-refractivity contribution in [1.29, 1.82) is 0 Å². The van der Waals surface area contributed by atoms with E-state index in [4.69, 9.17) is 0 Å². The molecule has 82 valence electrons. The maximum Gasteiger partial charge on any atom is 0.279 e. The SMILES string of the molecule is Cn1ccc(NC(=O)c2ncccc2O)n1. The van der Waals surface area contributed by atoms with Gasteiger partial charge in [-0.25, -0.2) is 4.98 Å². The fraction of sp³-hybridized carbons (Fsp3) is 0.100. The van der Waals surface area contributed by atoms with E-state index in [2.05, 4.69) is 15.4 Å². The highest BCUT2D eigenvalue weighted by Gasteiger charge is 2.12. The van der Waals surface area contributed by atoms with Crippen LogP contribution in [0.4, 0.5) is 5.82 Å². The lowest BCUT2D eigenvalue weighted by atomic mass is 10.3. The molecular weight excluding hydrogens is 208 g/mol. The number of anilines is 1. The van der Waals surface area contributed by atoms with Crippen LogP contribution in [0.25, 0.3) is 0 Å². The molecule has 2 heterocycles. The molecule has 6 heteroatoms. The first-order chi connectivity index (χ1) is 7.66. The van der Waals surface area contributed by atoms with Gasteiger partial charge in [-0.15, -0.1) is 0 Å². The van der Waals surface area contributed by atoms with Gasteiger partial charge in [0.15, 0.2) is 11.5 Å². The minimum Gasteiger partial charge on any atom is -0.505 e. The third kappa shape index (κ3) is 2.00. The van der Waals surface area contributed by atoms with Crippen molar-refractivity contribution in [3.63, 3.8) is 0 Å². The molecular formula is C10H10N4O2. The molecule has 16 heavy (non-hydrogen) atoms. The van der Waals surface area contributed by atoms with Crippen molar-refractivity contribution in [1.82, 2.24) is 14.8 Å². The Hall–Kier alpha value is -2.37. The summed E-state index contributed by atoms with van der Waals surface area (Å²) in [5.74, 6) is -0.231. The molecule has 6 nitrogen and oxygen atoms in total. The molecule has 0 radical (unpaired) electrons. The summed E-state index contributed by atoms with van der Waals surface area (Å²) in [6.45, 7) is 0. The molecule has 2 rings (SSSR count). The van der Waals surface area contributed by atoms with E-state index in [1.807, 2.05) is 0 Å². The van der Waals surface area contributed by atoms with Crippen LogP contribution in [-0.2, 0) is 7.05 Å². The van der Waals surface area contributed by atoms with Crippen molar-refractivity contribution in [2.45, 2.75) is 0 Å². The molecule has 0 aliphatic rings. The van der Waals surface area contributed by atoms with Crippen molar-refractivity contribution in [3.05, 3.63) is 36.3 Å².